The van der Waals surface area contributed by atoms with E-state index < -0.39 is 0 Å². The molecule has 2 atom stereocenters. The Hall–Kier alpha value is -2.16. The summed E-state index contributed by atoms with van der Waals surface area (Å²) in [5, 5.41) is 0. The Morgan fingerprint density at radius 1 is 1.33 bits per heavy atom. The Balaban J connectivity index is 1.48. The highest BCUT2D eigenvalue weighted by molar-refractivity contribution is 5.94. The standard InChI is InChI=1S/C19H26N4O4/c1-25-7-5-22-4-3-20-18(22)11-21-8-15-9-23(17(10-21)14-27-12-15)19(24)16-2-6-26-13-16/h2-4,6,13,15,17H,5,7-12,14H2,1H3/t15-,17-/m0/s1. The molecule has 146 valence electrons. The third-order valence-electron chi connectivity index (χ3n) is 5.28. The van der Waals surface area contributed by atoms with Gasteiger partial charge in [0.05, 0.1) is 44.2 Å². The Morgan fingerprint density at radius 3 is 3.07 bits per heavy atom. The molecule has 2 aromatic heterocycles. The van der Waals surface area contributed by atoms with Crippen molar-refractivity contribution in [1.29, 1.82) is 0 Å². The number of carbonyl (C=O) groups excluding carboxylic acids is 1. The maximum absolute atomic E-state index is 12.9. The molecule has 2 aromatic rings. The predicted octanol–water partition coefficient (Wildman–Crippen LogP) is 1.10. The first kappa shape index (κ1) is 18.2. The summed E-state index contributed by atoms with van der Waals surface area (Å²) in [4.78, 5) is 21.8. The monoisotopic (exact) mass is 374 g/mol. The molecular formula is C19H26N4O4. The molecular weight excluding hydrogens is 348 g/mol. The zero-order chi connectivity index (χ0) is 18.6. The number of furan rings is 1. The van der Waals surface area contributed by atoms with Crippen LogP contribution in [0.25, 0.3) is 0 Å². The number of aromatic nitrogens is 2. The highest BCUT2D eigenvalue weighted by Gasteiger charge is 2.36. The van der Waals surface area contributed by atoms with Gasteiger partial charge >= 0.3 is 0 Å². The van der Waals surface area contributed by atoms with Crippen molar-refractivity contribution in [1.82, 2.24) is 19.4 Å². The summed E-state index contributed by atoms with van der Waals surface area (Å²) in [5.74, 6) is 1.34. The second-order valence-electron chi connectivity index (χ2n) is 7.25. The molecule has 0 radical (unpaired) electrons. The fraction of sp³-hybridized carbons (Fsp3) is 0.579. The van der Waals surface area contributed by atoms with Crippen LogP contribution in [0.4, 0.5) is 0 Å². The maximum Gasteiger partial charge on any atom is 0.257 e. The Labute approximate surface area is 158 Å². The van der Waals surface area contributed by atoms with E-state index in [-0.39, 0.29) is 17.9 Å². The minimum Gasteiger partial charge on any atom is -0.472 e. The number of ether oxygens (including phenoxy) is 2. The summed E-state index contributed by atoms with van der Waals surface area (Å²) < 4.78 is 18.3. The van der Waals surface area contributed by atoms with Gasteiger partial charge in [0, 0.05) is 51.6 Å². The fourth-order valence-electron chi connectivity index (χ4n) is 3.95. The molecule has 2 aliphatic rings. The summed E-state index contributed by atoms with van der Waals surface area (Å²) in [7, 11) is 1.71. The van der Waals surface area contributed by atoms with Gasteiger partial charge in [-0.2, -0.15) is 0 Å². The van der Waals surface area contributed by atoms with Gasteiger partial charge in [0.15, 0.2) is 0 Å². The lowest BCUT2D eigenvalue weighted by Gasteiger charge is -2.31. The van der Waals surface area contributed by atoms with Gasteiger partial charge in [-0.05, 0) is 6.07 Å². The molecule has 0 N–H and O–H groups in total. The van der Waals surface area contributed by atoms with E-state index in [1.165, 1.54) is 6.26 Å². The van der Waals surface area contributed by atoms with Crippen molar-refractivity contribution in [2.45, 2.75) is 19.1 Å². The van der Waals surface area contributed by atoms with E-state index in [4.69, 9.17) is 13.9 Å². The van der Waals surface area contributed by atoms with Gasteiger partial charge in [0.2, 0.25) is 0 Å². The highest BCUT2D eigenvalue weighted by atomic mass is 16.5. The van der Waals surface area contributed by atoms with Crippen LogP contribution in [0.1, 0.15) is 16.2 Å². The molecule has 2 bridgehead atoms. The number of carbonyl (C=O) groups is 1. The SMILES string of the molecule is COCCn1ccnc1CN1C[C@@H]2COC[C@H](C1)N(C(=O)c1ccoc1)C2. The van der Waals surface area contributed by atoms with Crippen LogP contribution in [0.2, 0.25) is 0 Å². The average molecular weight is 374 g/mol. The summed E-state index contributed by atoms with van der Waals surface area (Å²) in [6, 6.07) is 1.75. The predicted molar refractivity (Wildman–Crippen MR) is 97.2 cm³/mol. The Morgan fingerprint density at radius 2 is 2.26 bits per heavy atom. The lowest BCUT2D eigenvalue weighted by molar-refractivity contribution is 0.0416. The number of hydrogen-bond acceptors (Lipinski definition) is 6. The number of amides is 1. The van der Waals surface area contributed by atoms with Crippen molar-refractivity contribution in [3.05, 3.63) is 42.4 Å². The largest absolute Gasteiger partial charge is 0.472 e. The van der Waals surface area contributed by atoms with Crippen LogP contribution in [-0.2, 0) is 22.6 Å². The summed E-state index contributed by atoms with van der Waals surface area (Å²) in [5.41, 5.74) is 0.601. The fourth-order valence-corrected chi connectivity index (χ4v) is 3.95. The average Bonchev–Trinajstić information content (AvgIpc) is 3.25. The molecule has 0 saturated carbocycles. The van der Waals surface area contributed by atoms with Crippen LogP contribution in [0, 0.1) is 5.92 Å². The van der Waals surface area contributed by atoms with Crippen LogP contribution >= 0.6 is 0 Å². The molecule has 2 saturated heterocycles. The van der Waals surface area contributed by atoms with Crippen LogP contribution in [0.3, 0.4) is 0 Å². The van der Waals surface area contributed by atoms with E-state index in [0.717, 1.165) is 32.0 Å². The van der Waals surface area contributed by atoms with Gasteiger partial charge in [0.1, 0.15) is 12.1 Å². The smallest absolute Gasteiger partial charge is 0.257 e. The lowest BCUT2D eigenvalue weighted by atomic mass is 10.1. The van der Waals surface area contributed by atoms with Gasteiger partial charge in [-0.3, -0.25) is 9.69 Å². The number of rotatable bonds is 6. The number of hydrogen-bond donors (Lipinski definition) is 0. The number of imidazole rings is 1. The van der Waals surface area contributed by atoms with Gasteiger partial charge in [-0.15, -0.1) is 0 Å². The van der Waals surface area contributed by atoms with Crippen molar-refractivity contribution < 1.29 is 18.7 Å². The van der Waals surface area contributed by atoms with Crippen molar-refractivity contribution in [2.24, 2.45) is 5.92 Å². The van der Waals surface area contributed by atoms with Crippen molar-refractivity contribution >= 4 is 5.91 Å². The van der Waals surface area contributed by atoms with Crippen LogP contribution < -0.4 is 0 Å². The molecule has 0 aromatic carbocycles. The zero-order valence-electron chi connectivity index (χ0n) is 15.6. The van der Waals surface area contributed by atoms with E-state index in [0.29, 0.717) is 31.9 Å². The topological polar surface area (TPSA) is 73.0 Å². The molecule has 4 rings (SSSR count). The molecule has 2 aliphatic heterocycles. The van der Waals surface area contributed by atoms with Gasteiger partial charge in [-0.25, -0.2) is 4.98 Å². The lowest BCUT2D eigenvalue weighted by Crippen LogP contribution is -2.46. The first-order chi connectivity index (χ1) is 13.2. The molecule has 4 heterocycles. The summed E-state index contributed by atoms with van der Waals surface area (Å²) in [6.07, 6.45) is 6.88. The van der Waals surface area contributed by atoms with Crippen LogP contribution in [-0.4, -0.2) is 77.9 Å². The van der Waals surface area contributed by atoms with Crippen molar-refractivity contribution in [3.63, 3.8) is 0 Å². The zero-order valence-corrected chi connectivity index (χ0v) is 15.6. The maximum atomic E-state index is 12.9. The molecule has 8 heteroatoms. The number of methoxy groups -OCH3 is 1. The van der Waals surface area contributed by atoms with Gasteiger partial charge in [-0.1, -0.05) is 0 Å². The van der Waals surface area contributed by atoms with Crippen molar-refractivity contribution in [2.75, 3.05) is 46.6 Å². The van der Waals surface area contributed by atoms with Crippen molar-refractivity contribution in [3.8, 4) is 0 Å². The Kier molecular flexibility index (Phi) is 5.56. The number of fused-ring (bicyclic) bond motifs is 3. The highest BCUT2D eigenvalue weighted by Crippen LogP contribution is 2.23. The van der Waals surface area contributed by atoms with Crippen LogP contribution in [0.15, 0.2) is 35.4 Å². The van der Waals surface area contributed by atoms with E-state index in [1.807, 2.05) is 17.3 Å². The molecule has 27 heavy (non-hydrogen) atoms. The number of nitrogens with zero attached hydrogens (tertiary/aromatic N) is 4. The summed E-state index contributed by atoms with van der Waals surface area (Å²) >= 11 is 0. The molecule has 0 unspecified atom stereocenters. The van der Waals surface area contributed by atoms with E-state index in [2.05, 4.69) is 14.5 Å². The van der Waals surface area contributed by atoms with Gasteiger partial charge in [0.25, 0.3) is 5.91 Å². The third kappa shape index (κ3) is 4.07. The third-order valence-corrected chi connectivity index (χ3v) is 5.28. The van der Waals surface area contributed by atoms with Crippen LogP contribution in [0.5, 0.6) is 0 Å². The molecule has 8 nitrogen and oxygen atoms in total. The van der Waals surface area contributed by atoms with E-state index in [9.17, 15) is 4.79 Å². The molecule has 0 aliphatic carbocycles. The molecule has 0 spiro atoms. The second kappa shape index (κ2) is 8.24. The first-order valence-electron chi connectivity index (χ1n) is 9.37. The second-order valence-corrected chi connectivity index (χ2v) is 7.25. The van der Waals surface area contributed by atoms with E-state index >= 15 is 0 Å². The minimum absolute atomic E-state index is 0.0210. The first-order valence-corrected chi connectivity index (χ1v) is 9.37. The summed E-state index contributed by atoms with van der Waals surface area (Å²) in [6.45, 7) is 5.84. The minimum atomic E-state index is 0.0210. The normalized spacial score (nSPS) is 23.4. The van der Waals surface area contributed by atoms with Gasteiger partial charge < -0.3 is 23.4 Å². The Bertz CT molecular complexity index is 745. The molecule has 1 amide bonds. The quantitative estimate of drug-likeness (QED) is 0.754. The molecule has 2 fully saturated rings. The van der Waals surface area contributed by atoms with E-state index in [1.54, 1.807) is 19.4 Å².